The summed E-state index contributed by atoms with van der Waals surface area (Å²) < 4.78 is 0. The molecule has 27 heavy (non-hydrogen) atoms. The Morgan fingerprint density at radius 1 is 1.22 bits per heavy atom. The third-order valence-corrected chi connectivity index (χ3v) is 7.46. The number of fused-ring (bicyclic) bond motifs is 5. The first-order chi connectivity index (χ1) is 13.1. The van der Waals surface area contributed by atoms with Crippen molar-refractivity contribution in [2.24, 2.45) is 23.0 Å². The van der Waals surface area contributed by atoms with Gasteiger partial charge in [-0.25, -0.2) is 9.97 Å². The van der Waals surface area contributed by atoms with Crippen molar-refractivity contribution in [3.8, 4) is 0 Å². The van der Waals surface area contributed by atoms with Crippen LogP contribution in [0.5, 0.6) is 0 Å². The van der Waals surface area contributed by atoms with Crippen LogP contribution < -0.4 is 5.73 Å². The number of hydrogen-bond donors (Lipinski definition) is 1. The van der Waals surface area contributed by atoms with Crippen molar-refractivity contribution in [1.29, 1.82) is 0 Å². The van der Waals surface area contributed by atoms with Crippen molar-refractivity contribution in [2.45, 2.75) is 44.9 Å². The zero-order valence-electron chi connectivity index (χ0n) is 15.7. The smallest absolute Gasteiger partial charge is 0.248 e. The van der Waals surface area contributed by atoms with E-state index in [1.165, 1.54) is 41.5 Å². The second-order valence-electron chi connectivity index (χ2n) is 8.63. The summed E-state index contributed by atoms with van der Waals surface area (Å²) in [5, 5.41) is 0. The minimum absolute atomic E-state index is 0.219. The number of nitrogens with two attached hydrogens (primary N) is 1. The van der Waals surface area contributed by atoms with Crippen LogP contribution in [0.4, 0.5) is 0 Å². The maximum Gasteiger partial charge on any atom is 0.248 e. The van der Waals surface area contributed by atoms with Gasteiger partial charge >= 0.3 is 0 Å². The van der Waals surface area contributed by atoms with E-state index in [2.05, 4.69) is 29.0 Å². The topological polar surface area (TPSA) is 68.9 Å². The lowest BCUT2D eigenvalue weighted by Gasteiger charge is -2.50. The van der Waals surface area contributed by atoms with Crippen LogP contribution in [0.15, 0.2) is 43.0 Å². The summed E-state index contributed by atoms with van der Waals surface area (Å²) in [6.45, 7) is 2.45. The van der Waals surface area contributed by atoms with Gasteiger partial charge in [-0.2, -0.15) is 0 Å². The molecule has 1 aromatic carbocycles. The maximum absolute atomic E-state index is 11.5. The summed E-state index contributed by atoms with van der Waals surface area (Å²) in [5.74, 6) is 1.66. The second kappa shape index (κ2) is 6.01. The molecule has 5 rings (SSSR count). The number of amides is 1. The molecule has 4 nitrogen and oxygen atoms in total. The Bertz CT molecular complexity index is 936. The molecule has 0 radical (unpaired) electrons. The Morgan fingerprint density at radius 2 is 2.04 bits per heavy atom. The van der Waals surface area contributed by atoms with E-state index in [0.29, 0.717) is 23.3 Å². The van der Waals surface area contributed by atoms with Gasteiger partial charge in [-0.05, 0) is 84.1 Å². The normalized spacial score (nSPS) is 31.4. The van der Waals surface area contributed by atoms with Crippen molar-refractivity contribution in [3.63, 3.8) is 0 Å². The number of rotatable bonds is 2. The van der Waals surface area contributed by atoms with Crippen molar-refractivity contribution in [3.05, 3.63) is 65.2 Å². The molecule has 2 N–H and O–H groups in total. The molecule has 2 aromatic rings. The lowest BCUT2D eigenvalue weighted by Crippen LogP contribution is -2.41. The molecular formula is C23H25N3O. The molecule has 0 bridgehead atoms. The molecule has 1 fully saturated rings. The first-order valence-electron chi connectivity index (χ1n) is 9.96. The molecule has 4 atom stereocenters. The third-order valence-electron chi connectivity index (χ3n) is 7.46. The van der Waals surface area contributed by atoms with Gasteiger partial charge in [0.25, 0.3) is 0 Å². The maximum atomic E-state index is 11.5. The van der Waals surface area contributed by atoms with E-state index in [1.807, 2.05) is 24.5 Å². The number of carbonyl (C=O) groups excluding carboxylic acids is 1. The number of nitrogens with zero attached hydrogens (tertiary/aromatic N) is 2. The predicted octanol–water partition coefficient (Wildman–Crippen LogP) is 4.13. The van der Waals surface area contributed by atoms with E-state index >= 15 is 0 Å². The van der Waals surface area contributed by atoms with Gasteiger partial charge in [-0.3, -0.25) is 4.79 Å². The van der Waals surface area contributed by atoms with Gasteiger partial charge in [0.05, 0.1) is 0 Å². The van der Waals surface area contributed by atoms with Crippen LogP contribution in [0.3, 0.4) is 0 Å². The number of aromatic nitrogens is 2. The van der Waals surface area contributed by atoms with E-state index < -0.39 is 0 Å². The Hall–Kier alpha value is -2.49. The van der Waals surface area contributed by atoms with Crippen LogP contribution in [0.2, 0.25) is 0 Å². The lowest BCUT2D eigenvalue weighted by molar-refractivity contribution is 0.0884. The van der Waals surface area contributed by atoms with Crippen LogP contribution in [0.1, 0.15) is 65.6 Å². The van der Waals surface area contributed by atoms with Crippen LogP contribution in [0.25, 0.3) is 5.57 Å². The van der Waals surface area contributed by atoms with E-state index in [1.54, 1.807) is 6.33 Å². The number of hydrogen-bond acceptors (Lipinski definition) is 3. The van der Waals surface area contributed by atoms with Crippen LogP contribution in [0, 0.1) is 17.3 Å². The Morgan fingerprint density at radius 3 is 2.81 bits per heavy atom. The molecule has 0 aliphatic heterocycles. The van der Waals surface area contributed by atoms with E-state index in [4.69, 9.17) is 5.73 Å². The minimum atomic E-state index is -0.328. The zero-order chi connectivity index (χ0) is 18.6. The summed E-state index contributed by atoms with van der Waals surface area (Å²) in [5.41, 5.74) is 11.8. The fourth-order valence-electron chi connectivity index (χ4n) is 6.19. The monoisotopic (exact) mass is 359 g/mol. The predicted molar refractivity (Wildman–Crippen MR) is 105 cm³/mol. The number of allylic oxidation sites excluding steroid dienone is 2. The van der Waals surface area contributed by atoms with Gasteiger partial charge in [0.2, 0.25) is 5.91 Å². The van der Waals surface area contributed by atoms with Crippen molar-refractivity contribution < 1.29 is 4.79 Å². The van der Waals surface area contributed by atoms with Crippen LogP contribution in [-0.2, 0) is 6.42 Å². The quantitative estimate of drug-likeness (QED) is 0.877. The fraction of sp³-hybridized carbons (Fsp3) is 0.435. The molecule has 4 heteroatoms. The summed E-state index contributed by atoms with van der Waals surface area (Å²) in [7, 11) is 0. The molecule has 1 saturated carbocycles. The van der Waals surface area contributed by atoms with Gasteiger partial charge in [-0.15, -0.1) is 0 Å². The Labute approximate surface area is 159 Å². The summed E-state index contributed by atoms with van der Waals surface area (Å²) in [4.78, 5) is 20.0. The highest BCUT2D eigenvalue weighted by molar-refractivity contribution is 5.93. The SMILES string of the molecule is CC12CCC3c4ccc(C(N)=O)cc4CCC3C1CC=C2c1cncnc1. The number of primary amides is 1. The first kappa shape index (κ1) is 16.7. The van der Waals surface area contributed by atoms with Crippen LogP contribution >= 0.6 is 0 Å². The molecular weight excluding hydrogens is 334 g/mol. The summed E-state index contributed by atoms with van der Waals surface area (Å²) in [6, 6.07) is 6.11. The van der Waals surface area contributed by atoms with Crippen molar-refractivity contribution in [1.82, 2.24) is 9.97 Å². The highest BCUT2D eigenvalue weighted by atomic mass is 16.1. The van der Waals surface area contributed by atoms with Gasteiger partial charge < -0.3 is 5.73 Å². The summed E-state index contributed by atoms with van der Waals surface area (Å²) >= 11 is 0. The minimum Gasteiger partial charge on any atom is -0.366 e. The van der Waals surface area contributed by atoms with Crippen LogP contribution in [-0.4, -0.2) is 15.9 Å². The second-order valence-corrected chi connectivity index (χ2v) is 8.63. The van der Waals surface area contributed by atoms with Gasteiger partial charge in [0, 0.05) is 23.5 Å². The molecule has 138 valence electrons. The van der Waals surface area contributed by atoms with Gasteiger partial charge in [0.1, 0.15) is 6.33 Å². The highest BCUT2D eigenvalue weighted by Crippen LogP contribution is 2.62. The number of benzene rings is 1. The average Bonchev–Trinajstić information content (AvgIpc) is 3.05. The molecule has 0 spiro atoms. The Kier molecular flexibility index (Phi) is 3.71. The van der Waals surface area contributed by atoms with E-state index in [0.717, 1.165) is 12.8 Å². The molecule has 3 aliphatic carbocycles. The zero-order valence-corrected chi connectivity index (χ0v) is 15.7. The van der Waals surface area contributed by atoms with Gasteiger partial charge in [0.15, 0.2) is 0 Å². The van der Waals surface area contributed by atoms with E-state index in [-0.39, 0.29) is 11.3 Å². The average molecular weight is 359 g/mol. The first-order valence-corrected chi connectivity index (χ1v) is 9.96. The largest absolute Gasteiger partial charge is 0.366 e. The highest BCUT2D eigenvalue weighted by Gasteiger charge is 2.51. The number of aryl methyl sites for hydroxylation is 1. The third kappa shape index (κ3) is 2.46. The standard InChI is InChI=1S/C23H25N3O/c1-23-9-8-18-17-4-3-15(22(24)27)10-14(17)2-5-19(18)21(23)7-6-20(23)16-11-25-13-26-12-16/h3-4,6,10-13,18-19,21H,2,5,7-9H2,1H3,(H2,24,27). The van der Waals surface area contributed by atoms with Gasteiger partial charge in [-0.1, -0.05) is 19.1 Å². The Balaban J connectivity index is 1.47. The lowest BCUT2D eigenvalue weighted by atomic mass is 9.54. The fourth-order valence-corrected chi connectivity index (χ4v) is 6.19. The molecule has 1 aromatic heterocycles. The molecule has 1 amide bonds. The molecule has 0 saturated heterocycles. The molecule has 1 heterocycles. The molecule has 3 aliphatic rings. The van der Waals surface area contributed by atoms with Crippen molar-refractivity contribution >= 4 is 11.5 Å². The van der Waals surface area contributed by atoms with E-state index in [9.17, 15) is 4.79 Å². The number of carbonyl (C=O) groups is 1. The molecule has 4 unspecified atom stereocenters. The summed E-state index contributed by atoms with van der Waals surface area (Å²) in [6.07, 6.45) is 13.8. The van der Waals surface area contributed by atoms with Crippen molar-refractivity contribution in [2.75, 3.05) is 0 Å².